The van der Waals surface area contributed by atoms with Crippen LogP contribution < -0.4 is 0 Å². The summed E-state index contributed by atoms with van der Waals surface area (Å²) in [6.07, 6.45) is 0.182. The Morgan fingerprint density at radius 2 is 1.50 bits per heavy atom. The second-order valence-electron chi connectivity index (χ2n) is 4.76. The van der Waals surface area contributed by atoms with Gasteiger partial charge in [-0.2, -0.15) is 10.5 Å². The van der Waals surface area contributed by atoms with Gasteiger partial charge in [-0.05, 0) is 29.8 Å². The summed E-state index contributed by atoms with van der Waals surface area (Å²) in [4.78, 5) is 0. The zero-order valence-electron chi connectivity index (χ0n) is 11.4. The Hall–Kier alpha value is -1.71. The zero-order valence-corrected chi connectivity index (χ0v) is 13.7. The highest BCUT2D eigenvalue weighted by atomic mass is 35.5. The summed E-state index contributed by atoms with van der Waals surface area (Å²) < 4.78 is 0. The van der Waals surface area contributed by atoms with E-state index in [-0.39, 0.29) is 12.3 Å². The fourth-order valence-corrected chi connectivity index (χ4v) is 3.16. The largest absolute Gasteiger partial charge is 0.198 e. The summed E-state index contributed by atoms with van der Waals surface area (Å²) >= 11 is 18.3. The molecule has 0 aromatic heterocycles. The van der Waals surface area contributed by atoms with Crippen molar-refractivity contribution in [3.05, 3.63) is 68.7 Å². The van der Waals surface area contributed by atoms with Gasteiger partial charge in [-0.1, -0.05) is 53.0 Å². The van der Waals surface area contributed by atoms with E-state index in [1.54, 1.807) is 30.3 Å². The summed E-state index contributed by atoms with van der Waals surface area (Å²) in [6, 6.07) is 16.6. The molecule has 2 rings (SSSR count). The second-order valence-corrected chi connectivity index (χ2v) is 6.01. The number of nitrogens with zero attached hydrogens (tertiary/aromatic N) is 2. The molecule has 0 heterocycles. The summed E-state index contributed by atoms with van der Waals surface area (Å²) in [7, 11) is 0. The first kappa shape index (κ1) is 16.7. The van der Waals surface area contributed by atoms with Gasteiger partial charge in [0.05, 0.1) is 18.1 Å². The van der Waals surface area contributed by atoms with Crippen molar-refractivity contribution in [3.63, 3.8) is 0 Å². The van der Waals surface area contributed by atoms with E-state index in [0.29, 0.717) is 20.6 Å². The van der Waals surface area contributed by atoms with E-state index in [9.17, 15) is 5.26 Å². The average Bonchev–Trinajstić information content (AvgIpc) is 2.50. The van der Waals surface area contributed by atoms with Gasteiger partial charge < -0.3 is 0 Å². The first-order valence-corrected chi connectivity index (χ1v) is 7.67. The third kappa shape index (κ3) is 3.54. The quantitative estimate of drug-likeness (QED) is 0.684. The van der Waals surface area contributed by atoms with E-state index >= 15 is 0 Å². The zero-order chi connectivity index (χ0) is 16.1. The fraction of sp³-hybridized carbons (Fsp3) is 0.176. The molecule has 2 aromatic carbocycles. The minimum Gasteiger partial charge on any atom is -0.198 e. The molecule has 110 valence electrons. The molecule has 0 fully saturated rings. The second kappa shape index (κ2) is 7.52. The molecule has 2 nitrogen and oxygen atoms in total. The van der Waals surface area contributed by atoms with Crippen LogP contribution in [0.2, 0.25) is 15.1 Å². The molecule has 2 atom stereocenters. The van der Waals surface area contributed by atoms with Gasteiger partial charge >= 0.3 is 0 Å². The number of halogens is 3. The molecule has 0 aliphatic carbocycles. The molecule has 0 N–H and O–H groups in total. The maximum absolute atomic E-state index is 9.64. The van der Waals surface area contributed by atoms with Crippen LogP contribution in [-0.4, -0.2) is 0 Å². The summed E-state index contributed by atoms with van der Waals surface area (Å²) in [6.45, 7) is 0. The third-order valence-corrected chi connectivity index (χ3v) is 4.37. The van der Waals surface area contributed by atoms with Gasteiger partial charge in [0.25, 0.3) is 0 Å². The Bertz CT molecular complexity index is 722. The van der Waals surface area contributed by atoms with Gasteiger partial charge in [-0.25, -0.2) is 0 Å². The van der Waals surface area contributed by atoms with Gasteiger partial charge in [0, 0.05) is 33.0 Å². The van der Waals surface area contributed by atoms with Crippen LogP contribution in [0.4, 0.5) is 0 Å². The van der Waals surface area contributed by atoms with Crippen LogP contribution >= 0.6 is 34.8 Å². The lowest BCUT2D eigenvalue weighted by molar-refractivity contribution is 0.641. The number of rotatable bonds is 4. The molecule has 0 aliphatic heterocycles. The Kier molecular flexibility index (Phi) is 5.69. The maximum atomic E-state index is 9.64. The number of benzene rings is 2. The first-order chi connectivity index (χ1) is 10.6. The van der Waals surface area contributed by atoms with E-state index in [2.05, 4.69) is 12.1 Å². The Morgan fingerprint density at radius 1 is 0.909 bits per heavy atom. The standard InChI is InChI=1S/C17H11Cl3N2/c18-12-6-4-11(5-7-12)13(8-9-21)14(10-22)17-15(19)2-1-3-16(17)20/h1-7,13-14H,8H2/t13-,14+/m0/s1. The van der Waals surface area contributed by atoms with Crippen molar-refractivity contribution in [3.8, 4) is 12.1 Å². The summed E-state index contributed by atoms with van der Waals surface area (Å²) in [5.41, 5.74) is 1.41. The highest BCUT2D eigenvalue weighted by molar-refractivity contribution is 6.36. The van der Waals surface area contributed by atoms with Crippen molar-refractivity contribution < 1.29 is 0 Å². The van der Waals surface area contributed by atoms with Crippen LogP contribution in [0.1, 0.15) is 29.4 Å². The van der Waals surface area contributed by atoms with Crippen molar-refractivity contribution in [2.45, 2.75) is 18.3 Å². The number of nitriles is 2. The Morgan fingerprint density at radius 3 is 2.00 bits per heavy atom. The van der Waals surface area contributed by atoms with Crippen molar-refractivity contribution in [2.24, 2.45) is 0 Å². The molecule has 0 amide bonds. The number of hydrogen-bond acceptors (Lipinski definition) is 2. The van der Waals surface area contributed by atoms with Gasteiger partial charge in [-0.3, -0.25) is 0 Å². The summed E-state index contributed by atoms with van der Waals surface area (Å²) in [5.74, 6) is -0.938. The maximum Gasteiger partial charge on any atom is 0.0820 e. The number of hydrogen-bond donors (Lipinski definition) is 0. The van der Waals surface area contributed by atoms with E-state index < -0.39 is 5.92 Å². The molecule has 22 heavy (non-hydrogen) atoms. The van der Waals surface area contributed by atoms with Crippen LogP contribution in [0.3, 0.4) is 0 Å². The SMILES string of the molecule is N#CC[C@@H](c1ccc(Cl)cc1)[C@@H](C#N)c1c(Cl)cccc1Cl. The van der Waals surface area contributed by atoms with Gasteiger partial charge in [0.15, 0.2) is 0 Å². The van der Waals surface area contributed by atoms with E-state index in [0.717, 1.165) is 5.56 Å². The third-order valence-electron chi connectivity index (χ3n) is 3.46. The highest BCUT2D eigenvalue weighted by Crippen LogP contribution is 2.41. The molecule has 2 aromatic rings. The van der Waals surface area contributed by atoms with E-state index in [1.165, 1.54) is 0 Å². The molecular weight excluding hydrogens is 339 g/mol. The lowest BCUT2D eigenvalue weighted by Gasteiger charge is -2.22. The van der Waals surface area contributed by atoms with Crippen molar-refractivity contribution >= 4 is 34.8 Å². The first-order valence-electron chi connectivity index (χ1n) is 6.54. The highest BCUT2D eigenvalue weighted by Gasteiger charge is 2.28. The van der Waals surface area contributed by atoms with Crippen LogP contribution in [0, 0.1) is 22.7 Å². The smallest absolute Gasteiger partial charge is 0.0820 e. The molecule has 0 bridgehead atoms. The minimum atomic E-state index is -0.609. The predicted molar refractivity (Wildman–Crippen MR) is 89.2 cm³/mol. The molecule has 5 heteroatoms. The van der Waals surface area contributed by atoms with Crippen molar-refractivity contribution in [1.82, 2.24) is 0 Å². The van der Waals surface area contributed by atoms with Crippen LogP contribution in [0.15, 0.2) is 42.5 Å². The van der Waals surface area contributed by atoms with E-state index in [4.69, 9.17) is 40.1 Å². The van der Waals surface area contributed by atoms with Crippen LogP contribution in [0.5, 0.6) is 0 Å². The minimum absolute atomic E-state index is 0.182. The lowest BCUT2D eigenvalue weighted by Crippen LogP contribution is -2.11. The van der Waals surface area contributed by atoms with Crippen LogP contribution in [-0.2, 0) is 0 Å². The van der Waals surface area contributed by atoms with Gasteiger partial charge in [0.1, 0.15) is 0 Å². The predicted octanol–water partition coefficient (Wildman–Crippen LogP) is 5.95. The monoisotopic (exact) mass is 348 g/mol. The molecule has 0 unspecified atom stereocenters. The molecule has 0 saturated carbocycles. The molecule has 0 aliphatic rings. The molecular formula is C17H11Cl3N2. The van der Waals surface area contributed by atoms with E-state index in [1.807, 2.05) is 12.1 Å². The molecule has 0 spiro atoms. The molecule has 0 radical (unpaired) electrons. The van der Waals surface area contributed by atoms with Gasteiger partial charge in [-0.15, -0.1) is 0 Å². The average molecular weight is 350 g/mol. The summed E-state index contributed by atoms with van der Waals surface area (Å²) in [5, 5.41) is 20.2. The normalized spacial score (nSPS) is 13.0. The molecule has 0 saturated heterocycles. The van der Waals surface area contributed by atoms with Crippen molar-refractivity contribution in [2.75, 3.05) is 0 Å². The lowest BCUT2D eigenvalue weighted by atomic mass is 9.80. The van der Waals surface area contributed by atoms with Crippen molar-refractivity contribution in [1.29, 1.82) is 10.5 Å². The van der Waals surface area contributed by atoms with Crippen LogP contribution in [0.25, 0.3) is 0 Å². The Balaban J connectivity index is 2.52. The fourth-order valence-electron chi connectivity index (χ4n) is 2.40. The van der Waals surface area contributed by atoms with Gasteiger partial charge in [0.2, 0.25) is 0 Å². The topological polar surface area (TPSA) is 47.6 Å². The Labute approximate surface area is 144 Å².